The first-order valence-electron chi connectivity index (χ1n) is 8.80. The number of hydrogen-bond acceptors (Lipinski definition) is 6. The Bertz CT molecular complexity index is 1000. The predicted octanol–water partition coefficient (Wildman–Crippen LogP) is 4.94. The molecule has 0 spiro atoms. The maximum Gasteiger partial charge on any atom is 0.262 e. The van der Waals surface area contributed by atoms with Crippen molar-refractivity contribution in [2.45, 2.75) is 0 Å². The van der Waals surface area contributed by atoms with Crippen LogP contribution < -0.4 is 14.8 Å². The van der Waals surface area contributed by atoms with Crippen LogP contribution in [0.3, 0.4) is 0 Å². The summed E-state index contributed by atoms with van der Waals surface area (Å²) in [6, 6.07) is 21.1. The first-order valence-corrected chi connectivity index (χ1v) is 8.80. The number of ether oxygens (including phenoxy) is 2. The van der Waals surface area contributed by atoms with Gasteiger partial charge in [0.05, 0.1) is 18.5 Å². The van der Waals surface area contributed by atoms with Gasteiger partial charge in [-0.15, -0.1) is 0 Å². The summed E-state index contributed by atoms with van der Waals surface area (Å²) < 4.78 is 10.7. The molecule has 146 valence electrons. The van der Waals surface area contributed by atoms with Crippen LogP contribution in [0, 0.1) is 0 Å². The van der Waals surface area contributed by atoms with Gasteiger partial charge in [0.15, 0.2) is 18.1 Å². The van der Waals surface area contributed by atoms with Gasteiger partial charge in [0.1, 0.15) is 6.29 Å². The fourth-order valence-electron chi connectivity index (χ4n) is 2.44. The molecule has 0 atom stereocenters. The predicted molar refractivity (Wildman–Crippen MR) is 110 cm³/mol. The molecule has 3 aromatic rings. The molecule has 0 bridgehead atoms. The highest BCUT2D eigenvalue weighted by atomic mass is 16.5. The van der Waals surface area contributed by atoms with Gasteiger partial charge in [-0.05, 0) is 54.6 Å². The number of amides is 1. The summed E-state index contributed by atoms with van der Waals surface area (Å²) in [6.45, 7) is -0.202. The molecule has 3 rings (SSSR count). The minimum absolute atomic E-state index is 0.202. The highest BCUT2D eigenvalue weighted by molar-refractivity contribution is 5.92. The Morgan fingerprint density at radius 3 is 2.28 bits per heavy atom. The number of methoxy groups -OCH3 is 1. The van der Waals surface area contributed by atoms with Gasteiger partial charge in [-0.25, -0.2) is 0 Å². The van der Waals surface area contributed by atoms with E-state index in [0.717, 1.165) is 5.69 Å². The van der Waals surface area contributed by atoms with Gasteiger partial charge >= 0.3 is 0 Å². The summed E-state index contributed by atoms with van der Waals surface area (Å²) in [6.07, 6.45) is 0.710. The standard InChI is InChI=1S/C22H19N3O4/c1-28-21-13-16(14-26)7-12-20(21)29-15-22(27)23-17-8-10-19(11-9-17)25-24-18-5-3-2-4-6-18/h2-14H,15H2,1H3,(H,23,27). The molecule has 0 aliphatic rings. The third-order valence-corrected chi connectivity index (χ3v) is 3.87. The van der Waals surface area contributed by atoms with Crippen molar-refractivity contribution in [3.05, 3.63) is 78.4 Å². The van der Waals surface area contributed by atoms with E-state index in [0.29, 0.717) is 34.7 Å². The number of rotatable bonds is 8. The van der Waals surface area contributed by atoms with Gasteiger partial charge in [0.25, 0.3) is 5.91 Å². The van der Waals surface area contributed by atoms with Crippen molar-refractivity contribution in [2.24, 2.45) is 10.2 Å². The van der Waals surface area contributed by atoms with Crippen LogP contribution in [0.4, 0.5) is 17.1 Å². The highest BCUT2D eigenvalue weighted by Crippen LogP contribution is 2.27. The molecule has 7 nitrogen and oxygen atoms in total. The number of anilines is 1. The van der Waals surface area contributed by atoms with E-state index >= 15 is 0 Å². The normalized spacial score (nSPS) is 10.5. The fourth-order valence-corrected chi connectivity index (χ4v) is 2.44. The summed E-state index contributed by atoms with van der Waals surface area (Å²) in [4.78, 5) is 22.9. The van der Waals surface area contributed by atoms with E-state index in [1.54, 1.807) is 42.5 Å². The lowest BCUT2D eigenvalue weighted by atomic mass is 10.2. The molecule has 1 amide bonds. The molecule has 0 aliphatic heterocycles. The Morgan fingerprint density at radius 2 is 1.62 bits per heavy atom. The molecular formula is C22H19N3O4. The van der Waals surface area contributed by atoms with Gasteiger partial charge < -0.3 is 14.8 Å². The molecule has 0 saturated heterocycles. The zero-order valence-electron chi connectivity index (χ0n) is 15.7. The lowest BCUT2D eigenvalue weighted by molar-refractivity contribution is -0.118. The summed E-state index contributed by atoms with van der Waals surface area (Å²) >= 11 is 0. The fraction of sp³-hybridized carbons (Fsp3) is 0.0909. The van der Waals surface area contributed by atoms with Crippen molar-refractivity contribution in [1.82, 2.24) is 0 Å². The minimum Gasteiger partial charge on any atom is -0.493 e. The Balaban J connectivity index is 1.54. The van der Waals surface area contributed by atoms with E-state index < -0.39 is 0 Å². The number of azo groups is 1. The monoisotopic (exact) mass is 389 g/mol. The van der Waals surface area contributed by atoms with Crippen molar-refractivity contribution in [2.75, 3.05) is 19.0 Å². The largest absolute Gasteiger partial charge is 0.493 e. The molecule has 7 heteroatoms. The molecule has 29 heavy (non-hydrogen) atoms. The van der Waals surface area contributed by atoms with E-state index in [1.807, 2.05) is 30.3 Å². The SMILES string of the molecule is COc1cc(C=O)ccc1OCC(=O)Nc1ccc(N=Nc2ccccc2)cc1. The lowest BCUT2D eigenvalue weighted by Gasteiger charge is -2.11. The second-order valence-corrected chi connectivity index (χ2v) is 5.95. The van der Waals surface area contributed by atoms with E-state index in [1.165, 1.54) is 7.11 Å². The third-order valence-electron chi connectivity index (χ3n) is 3.87. The Kier molecular flexibility index (Phi) is 6.67. The molecule has 0 unspecified atom stereocenters. The number of nitrogens with zero attached hydrogens (tertiary/aromatic N) is 2. The highest BCUT2D eigenvalue weighted by Gasteiger charge is 2.09. The summed E-state index contributed by atoms with van der Waals surface area (Å²) in [5, 5.41) is 11.0. The number of hydrogen-bond donors (Lipinski definition) is 1. The van der Waals surface area contributed by atoms with Crippen molar-refractivity contribution < 1.29 is 19.1 Å². The zero-order valence-corrected chi connectivity index (χ0v) is 15.7. The second kappa shape index (κ2) is 9.80. The van der Waals surface area contributed by atoms with E-state index in [2.05, 4.69) is 15.5 Å². The molecule has 0 saturated carbocycles. The van der Waals surface area contributed by atoms with Crippen LogP contribution in [0.2, 0.25) is 0 Å². The van der Waals surface area contributed by atoms with Gasteiger partial charge in [-0.1, -0.05) is 18.2 Å². The Morgan fingerprint density at radius 1 is 0.931 bits per heavy atom. The average molecular weight is 389 g/mol. The van der Waals surface area contributed by atoms with E-state index in [4.69, 9.17) is 9.47 Å². The third kappa shape index (κ3) is 5.74. The molecular weight excluding hydrogens is 370 g/mol. The van der Waals surface area contributed by atoms with Crippen LogP contribution >= 0.6 is 0 Å². The van der Waals surface area contributed by atoms with Gasteiger partial charge in [-0.2, -0.15) is 10.2 Å². The van der Waals surface area contributed by atoms with Crippen LogP contribution in [0.1, 0.15) is 10.4 Å². The van der Waals surface area contributed by atoms with Crippen molar-refractivity contribution >= 4 is 29.3 Å². The molecule has 0 heterocycles. The second-order valence-electron chi connectivity index (χ2n) is 5.95. The molecule has 0 aliphatic carbocycles. The van der Waals surface area contributed by atoms with Crippen molar-refractivity contribution in [3.8, 4) is 11.5 Å². The molecule has 3 aromatic carbocycles. The summed E-state index contributed by atoms with van der Waals surface area (Å²) in [5.74, 6) is 0.436. The van der Waals surface area contributed by atoms with Crippen molar-refractivity contribution in [1.29, 1.82) is 0 Å². The number of nitrogens with one attached hydrogen (secondary N) is 1. The van der Waals surface area contributed by atoms with Gasteiger partial charge in [0.2, 0.25) is 0 Å². The maximum absolute atomic E-state index is 12.1. The van der Waals surface area contributed by atoms with E-state index in [9.17, 15) is 9.59 Å². The smallest absolute Gasteiger partial charge is 0.262 e. The molecule has 0 radical (unpaired) electrons. The maximum atomic E-state index is 12.1. The van der Waals surface area contributed by atoms with Gasteiger partial charge in [0, 0.05) is 11.3 Å². The van der Waals surface area contributed by atoms with Crippen LogP contribution in [0.5, 0.6) is 11.5 Å². The first kappa shape index (κ1) is 19.8. The molecule has 1 N–H and O–H groups in total. The summed E-state index contributed by atoms with van der Waals surface area (Å²) in [5.41, 5.74) is 2.51. The zero-order chi connectivity index (χ0) is 20.5. The number of carbonyl (C=O) groups excluding carboxylic acids is 2. The molecule has 0 aromatic heterocycles. The molecule has 0 fully saturated rings. The lowest BCUT2D eigenvalue weighted by Crippen LogP contribution is -2.20. The average Bonchev–Trinajstić information content (AvgIpc) is 2.77. The van der Waals surface area contributed by atoms with Crippen molar-refractivity contribution in [3.63, 3.8) is 0 Å². The first-order chi connectivity index (χ1) is 14.2. The summed E-state index contributed by atoms with van der Waals surface area (Å²) in [7, 11) is 1.47. The number of carbonyl (C=O) groups is 2. The van der Waals surface area contributed by atoms with Crippen LogP contribution in [0.15, 0.2) is 83.0 Å². The minimum atomic E-state index is -0.329. The van der Waals surface area contributed by atoms with Crippen LogP contribution in [0.25, 0.3) is 0 Å². The Labute approximate surface area is 168 Å². The van der Waals surface area contributed by atoms with E-state index in [-0.39, 0.29) is 12.5 Å². The Hall–Kier alpha value is -4.00. The van der Waals surface area contributed by atoms with Crippen LogP contribution in [-0.2, 0) is 4.79 Å². The van der Waals surface area contributed by atoms with Crippen LogP contribution in [-0.4, -0.2) is 25.9 Å². The van der Waals surface area contributed by atoms with Gasteiger partial charge in [-0.3, -0.25) is 9.59 Å². The quantitative estimate of drug-likeness (QED) is 0.436. The topological polar surface area (TPSA) is 89.3 Å². The number of benzene rings is 3. The number of aldehydes is 1.